The summed E-state index contributed by atoms with van der Waals surface area (Å²) in [4.78, 5) is 2.51. The average molecular weight is 155 g/mol. The third-order valence-corrected chi connectivity index (χ3v) is 2.38. The molecule has 11 heavy (non-hydrogen) atoms. The first-order chi connectivity index (χ1) is 4.99. The van der Waals surface area contributed by atoms with Crippen molar-refractivity contribution in [3.8, 4) is 0 Å². The Kier molecular flexibility index (Phi) is 2.58. The standard InChI is InChI=1S/C10H21N/c1-10(2,3)7-8-11(4)9-5-6-9/h9H,5-8H2,1-4H3. The summed E-state index contributed by atoms with van der Waals surface area (Å²) in [5.41, 5.74) is 0.503. The second-order valence-corrected chi connectivity index (χ2v) is 5.02. The summed E-state index contributed by atoms with van der Waals surface area (Å²) in [6.45, 7) is 8.21. The second kappa shape index (κ2) is 3.14. The van der Waals surface area contributed by atoms with E-state index in [9.17, 15) is 0 Å². The first-order valence-electron chi connectivity index (χ1n) is 4.69. The molecule has 66 valence electrons. The lowest BCUT2D eigenvalue weighted by Crippen LogP contribution is -2.25. The van der Waals surface area contributed by atoms with Crippen molar-refractivity contribution in [1.29, 1.82) is 0 Å². The maximum absolute atomic E-state index is 2.51. The van der Waals surface area contributed by atoms with Gasteiger partial charge in [0.05, 0.1) is 0 Å². The first-order valence-corrected chi connectivity index (χ1v) is 4.69. The lowest BCUT2D eigenvalue weighted by Gasteiger charge is -2.23. The van der Waals surface area contributed by atoms with Crippen LogP contribution in [0.25, 0.3) is 0 Å². The van der Waals surface area contributed by atoms with Crippen molar-refractivity contribution in [3.05, 3.63) is 0 Å². The summed E-state index contributed by atoms with van der Waals surface area (Å²) in [5, 5.41) is 0. The smallest absolute Gasteiger partial charge is 0.00933 e. The quantitative estimate of drug-likeness (QED) is 0.605. The number of nitrogens with zero attached hydrogens (tertiary/aromatic N) is 1. The van der Waals surface area contributed by atoms with E-state index in [1.165, 1.54) is 25.8 Å². The largest absolute Gasteiger partial charge is 0.303 e. The molecule has 1 aliphatic carbocycles. The number of hydrogen-bond donors (Lipinski definition) is 0. The van der Waals surface area contributed by atoms with E-state index in [4.69, 9.17) is 0 Å². The van der Waals surface area contributed by atoms with E-state index in [0.29, 0.717) is 5.41 Å². The zero-order chi connectivity index (χ0) is 8.48. The molecule has 1 nitrogen and oxygen atoms in total. The molecule has 1 rings (SSSR count). The minimum Gasteiger partial charge on any atom is -0.303 e. The predicted molar refractivity (Wildman–Crippen MR) is 49.7 cm³/mol. The van der Waals surface area contributed by atoms with Gasteiger partial charge in [-0.05, 0) is 38.3 Å². The van der Waals surface area contributed by atoms with Crippen LogP contribution in [0.4, 0.5) is 0 Å². The molecule has 0 aromatic rings. The summed E-state index contributed by atoms with van der Waals surface area (Å²) in [6, 6.07) is 0.928. The highest BCUT2D eigenvalue weighted by Crippen LogP contribution is 2.27. The van der Waals surface area contributed by atoms with E-state index in [0.717, 1.165) is 6.04 Å². The van der Waals surface area contributed by atoms with E-state index in [1.807, 2.05) is 0 Å². The molecule has 0 aromatic carbocycles. The summed E-state index contributed by atoms with van der Waals surface area (Å²) < 4.78 is 0. The highest BCUT2D eigenvalue weighted by Gasteiger charge is 2.26. The minimum absolute atomic E-state index is 0.503. The van der Waals surface area contributed by atoms with Crippen molar-refractivity contribution in [2.75, 3.05) is 13.6 Å². The van der Waals surface area contributed by atoms with Crippen LogP contribution in [0.5, 0.6) is 0 Å². The van der Waals surface area contributed by atoms with E-state index >= 15 is 0 Å². The van der Waals surface area contributed by atoms with Crippen LogP contribution in [0.1, 0.15) is 40.0 Å². The Morgan fingerprint density at radius 2 is 1.82 bits per heavy atom. The van der Waals surface area contributed by atoms with Gasteiger partial charge in [0.25, 0.3) is 0 Å². The van der Waals surface area contributed by atoms with Crippen LogP contribution in [-0.2, 0) is 0 Å². The van der Waals surface area contributed by atoms with Crippen molar-refractivity contribution in [2.45, 2.75) is 46.1 Å². The average Bonchev–Trinajstić information content (AvgIpc) is 2.61. The summed E-state index contributed by atoms with van der Waals surface area (Å²) in [5.74, 6) is 0. The Balaban J connectivity index is 2.10. The maximum Gasteiger partial charge on any atom is 0.00933 e. The van der Waals surface area contributed by atoms with Crippen LogP contribution in [0.15, 0.2) is 0 Å². The molecule has 0 radical (unpaired) electrons. The molecule has 1 aliphatic rings. The zero-order valence-electron chi connectivity index (χ0n) is 8.35. The molecule has 1 heteroatoms. The van der Waals surface area contributed by atoms with Crippen molar-refractivity contribution in [1.82, 2.24) is 4.90 Å². The molecule has 0 atom stereocenters. The van der Waals surface area contributed by atoms with E-state index in [-0.39, 0.29) is 0 Å². The van der Waals surface area contributed by atoms with E-state index in [2.05, 4.69) is 32.7 Å². The van der Waals surface area contributed by atoms with Crippen LogP contribution in [0.3, 0.4) is 0 Å². The van der Waals surface area contributed by atoms with Gasteiger partial charge in [-0.25, -0.2) is 0 Å². The van der Waals surface area contributed by atoms with Gasteiger partial charge in [-0.15, -0.1) is 0 Å². The minimum atomic E-state index is 0.503. The molecule has 1 saturated carbocycles. The normalized spacial score (nSPS) is 19.4. The molecule has 0 unspecified atom stereocenters. The van der Waals surface area contributed by atoms with Gasteiger partial charge in [-0.2, -0.15) is 0 Å². The van der Waals surface area contributed by atoms with E-state index in [1.54, 1.807) is 0 Å². The van der Waals surface area contributed by atoms with Crippen LogP contribution in [0.2, 0.25) is 0 Å². The lowest BCUT2D eigenvalue weighted by molar-refractivity contribution is 0.257. The molecule has 1 fully saturated rings. The fourth-order valence-electron chi connectivity index (χ4n) is 1.21. The van der Waals surface area contributed by atoms with Crippen molar-refractivity contribution in [2.24, 2.45) is 5.41 Å². The van der Waals surface area contributed by atoms with Crippen LogP contribution >= 0.6 is 0 Å². The van der Waals surface area contributed by atoms with Crippen LogP contribution in [0, 0.1) is 5.41 Å². The SMILES string of the molecule is CN(CCC(C)(C)C)C1CC1. The fourth-order valence-corrected chi connectivity index (χ4v) is 1.21. The number of rotatable bonds is 3. The molecular formula is C10H21N. The van der Waals surface area contributed by atoms with Crippen molar-refractivity contribution < 1.29 is 0 Å². The highest BCUT2D eigenvalue weighted by molar-refractivity contribution is 4.82. The zero-order valence-corrected chi connectivity index (χ0v) is 8.35. The number of hydrogen-bond acceptors (Lipinski definition) is 1. The Bertz CT molecular complexity index is 119. The van der Waals surface area contributed by atoms with Gasteiger partial charge in [0, 0.05) is 6.04 Å². The first kappa shape index (κ1) is 9.05. The molecule has 0 bridgehead atoms. The lowest BCUT2D eigenvalue weighted by atomic mass is 9.92. The van der Waals surface area contributed by atoms with Gasteiger partial charge in [-0.3, -0.25) is 0 Å². The Morgan fingerprint density at radius 3 is 2.18 bits per heavy atom. The molecule has 0 aliphatic heterocycles. The Morgan fingerprint density at radius 1 is 1.27 bits per heavy atom. The molecule has 0 saturated heterocycles. The van der Waals surface area contributed by atoms with Gasteiger partial charge in [0.1, 0.15) is 0 Å². The molecular weight excluding hydrogens is 134 g/mol. The third kappa shape index (κ3) is 3.76. The second-order valence-electron chi connectivity index (χ2n) is 5.02. The molecule has 0 N–H and O–H groups in total. The summed E-state index contributed by atoms with van der Waals surface area (Å²) in [6.07, 6.45) is 4.18. The topological polar surface area (TPSA) is 3.24 Å². The van der Waals surface area contributed by atoms with Gasteiger partial charge in [-0.1, -0.05) is 20.8 Å². The Labute approximate surface area is 70.8 Å². The third-order valence-electron chi connectivity index (χ3n) is 2.38. The van der Waals surface area contributed by atoms with Crippen molar-refractivity contribution in [3.63, 3.8) is 0 Å². The summed E-state index contributed by atoms with van der Waals surface area (Å²) in [7, 11) is 2.25. The highest BCUT2D eigenvalue weighted by atomic mass is 15.1. The van der Waals surface area contributed by atoms with Crippen LogP contribution in [-0.4, -0.2) is 24.5 Å². The Hall–Kier alpha value is -0.0400. The molecule has 0 aromatic heterocycles. The van der Waals surface area contributed by atoms with Crippen molar-refractivity contribution >= 4 is 0 Å². The van der Waals surface area contributed by atoms with Gasteiger partial charge < -0.3 is 4.90 Å². The van der Waals surface area contributed by atoms with E-state index < -0.39 is 0 Å². The fraction of sp³-hybridized carbons (Fsp3) is 1.00. The maximum atomic E-state index is 2.51. The molecule has 0 heterocycles. The molecule has 0 spiro atoms. The monoisotopic (exact) mass is 155 g/mol. The van der Waals surface area contributed by atoms with Gasteiger partial charge in [0.15, 0.2) is 0 Å². The van der Waals surface area contributed by atoms with Gasteiger partial charge >= 0.3 is 0 Å². The predicted octanol–water partition coefficient (Wildman–Crippen LogP) is 2.52. The molecule has 0 amide bonds. The summed E-state index contributed by atoms with van der Waals surface area (Å²) >= 11 is 0. The van der Waals surface area contributed by atoms with Crippen LogP contribution < -0.4 is 0 Å². The van der Waals surface area contributed by atoms with Gasteiger partial charge in [0.2, 0.25) is 0 Å².